The molecule has 7 nitrogen and oxygen atoms in total. The Morgan fingerprint density at radius 3 is 2.54 bits per heavy atom. The molecule has 2 aliphatic rings. The summed E-state index contributed by atoms with van der Waals surface area (Å²) in [6.07, 6.45) is 8.54. The van der Waals surface area contributed by atoms with Crippen LogP contribution in [0.15, 0.2) is 67.0 Å². The molecule has 0 radical (unpaired) electrons. The molecule has 0 N–H and O–H groups in total. The maximum Gasteiger partial charge on any atom is 0.272 e. The van der Waals surface area contributed by atoms with E-state index in [0.29, 0.717) is 11.7 Å². The lowest BCUT2D eigenvalue weighted by Gasteiger charge is -2.36. The van der Waals surface area contributed by atoms with Gasteiger partial charge in [0.15, 0.2) is 0 Å². The molecule has 2 fully saturated rings. The van der Waals surface area contributed by atoms with Gasteiger partial charge in [0, 0.05) is 30.8 Å². The second-order valence-electron chi connectivity index (χ2n) is 9.53. The summed E-state index contributed by atoms with van der Waals surface area (Å²) < 4.78 is 9.27. The fourth-order valence-electron chi connectivity index (χ4n) is 5.58. The Bertz CT molecular complexity index is 1340. The van der Waals surface area contributed by atoms with E-state index < -0.39 is 0 Å². The molecule has 1 aromatic carbocycles. The summed E-state index contributed by atoms with van der Waals surface area (Å²) in [5.74, 6) is 1.73. The van der Waals surface area contributed by atoms with E-state index in [-0.39, 0.29) is 5.91 Å². The topological polar surface area (TPSA) is 55.0 Å². The molecule has 0 aliphatic carbocycles. The summed E-state index contributed by atoms with van der Waals surface area (Å²) in [5, 5.41) is 4.55. The number of ether oxygens (including phenoxy) is 1. The summed E-state index contributed by atoms with van der Waals surface area (Å²) in [5.41, 5.74) is 3.80. The minimum Gasteiger partial charge on any atom is -0.497 e. The number of hydrogen-bond acceptors (Lipinski definition) is 4. The zero-order chi connectivity index (χ0) is 23.8. The molecule has 0 bridgehead atoms. The van der Waals surface area contributed by atoms with Gasteiger partial charge in [0.2, 0.25) is 0 Å². The summed E-state index contributed by atoms with van der Waals surface area (Å²) >= 11 is 0. The van der Waals surface area contributed by atoms with Crippen molar-refractivity contribution in [3.63, 3.8) is 0 Å². The Morgan fingerprint density at radius 2 is 1.74 bits per heavy atom. The predicted octanol–water partition coefficient (Wildman–Crippen LogP) is 4.50. The normalized spacial score (nSPS) is 17.3. The monoisotopic (exact) mass is 469 g/mol. The number of rotatable bonds is 5. The second-order valence-corrected chi connectivity index (χ2v) is 9.53. The Balaban J connectivity index is 1.27. The van der Waals surface area contributed by atoms with Crippen LogP contribution in [0.2, 0.25) is 0 Å². The van der Waals surface area contributed by atoms with E-state index in [4.69, 9.17) is 4.74 Å². The molecular weight excluding hydrogens is 438 g/mol. The van der Waals surface area contributed by atoms with Crippen molar-refractivity contribution >= 4 is 11.4 Å². The van der Waals surface area contributed by atoms with Gasteiger partial charge in [-0.1, -0.05) is 18.2 Å². The third-order valence-corrected chi connectivity index (χ3v) is 7.52. The molecule has 3 aromatic heterocycles. The first-order valence-electron chi connectivity index (χ1n) is 12.5. The Labute approximate surface area is 205 Å². The van der Waals surface area contributed by atoms with E-state index in [9.17, 15) is 4.79 Å². The smallest absolute Gasteiger partial charge is 0.272 e. The van der Waals surface area contributed by atoms with Crippen molar-refractivity contribution in [2.75, 3.05) is 33.3 Å². The number of fused-ring (bicyclic) bond motifs is 1. The molecule has 35 heavy (non-hydrogen) atoms. The van der Waals surface area contributed by atoms with Gasteiger partial charge >= 0.3 is 0 Å². The van der Waals surface area contributed by atoms with Gasteiger partial charge in [-0.2, -0.15) is 5.10 Å². The van der Waals surface area contributed by atoms with Gasteiger partial charge < -0.3 is 18.9 Å². The first-order valence-corrected chi connectivity index (χ1v) is 12.5. The minimum absolute atomic E-state index is 0.0567. The lowest BCUT2D eigenvalue weighted by Crippen LogP contribution is -2.46. The number of carbonyl (C=O) groups excluding carboxylic acids is 1. The zero-order valence-electron chi connectivity index (χ0n) is 20.1. The number of pyridine rings is 1. The van der Waals surface area contributed by atoms with Crippen LogP contribution in [0.3, 0.4) is 0 Å². The third kappa shape index (κ3) is 4.10. The fraction of sp³-hybridized carbons (Fsp3) is 0.357. The number of piperidine rings is 1. The van der Waals surface area contributed by atoms with Crippen LogP contribution in [0.4, 0.5) is 0 Å². The lowest BCUT2D eigenvalue weighted by atomic mass is 10.0. The molecule has 7 heteroatoms. The highest BCUT2D eigenvalue weighted by atomic mass is 16.5. The molecule has 0 unspecified atom stereocenters. The molecule has 0 saturated carbocycles. The van der Waals surface area contributed by atoms with E-state index in [1.807, 2.05) is 35.2 Å². The van der Waals surface area contributed by atoms with Gasteiger partial charge in [-0.05, 0) is 86.3 Å². The molecule has 0 atom stereocenters. The van der Waals surface area contributed by atoms with Crippen molar-refractivity contribution in [2.45, 2.75) is 31.7 Å². The number of carbonyl (C=O) groups is 1. The van der Waals surface area contributed by atoms with Crippen LogP contribution in [0.5, 0.6) is 5.75 Å². The number of methoxy groups -OCH3 is 1. The Kier molecular flexibility index (Phi) is 5.78. The van der Waals surface area contributed by atoms with Crippen molar-refractivity contribution < 1.29 is 9.53 Å². The van der Waals surface area contributed by atoms with E-state index in [1.165, 1.54) is 25.9 Å². The number of hydrogen-bond donors (Lipinski definition) is 0. The maximum atomic E-state index is 13.5. The predicted molar refractivity (Wildman–Crippen MR) is 136 cm³/mol. The lowest BCUT2D eigenvalue weighted by molar-refractivity contribution is 0.0635. The summed E-state index contributed by atoms with van der Waals surface area (Å²) in [4.78, 5) is 18.1. The number of benzene rings is 1. The largest absolute Gasteiger partial charge is 0.497 e. The standard InChI is InChI=1S/C28H31N5O2/c1-35-25-6-4-5-21(19-25)22-7-8-24-9-10-27(32(24)20-22)33-26(11-14-29-33)28(34)31-17-12-23(13-18-31)30-15-2-3-16-30/h4-11,14,19-20,23H,2-3,12-13,15-18H2,1H3. The van der Waals surface area contributed by atoms with Crippen LogP contribution in [-0.2, 0) is 0 Å². The van der Waals surface area contributed by atoms with Gasteiger partial charge in [0.1, 0.15) is 17.3 Å². The molecule has 0 spiro atoms. The molecule has 2 saturated heterocycles. The average Bonchev–Trinajstić information content (AvgIpc) is 3.69. The fourth-order valence-corrected chi connectivity index (χ4v) is 5.58. The Hall–Kier alpha value is -3.58. The quantitative estimate of drug-likeness (QED) is 0.432. The van der Waals surface area contributed by atoms with Gasteiger partial charge in [0.05, 0.1) is 13.3 Å². The maximum absolute atomic E-state index is 13.5. The van der Waals surface area contributed by atoms with E-state index in [0.717, 1.165) is 54.1 Å². The number of nitrogens with zero attached hydrogens (tertiary/aromatic N) is 5. The van der Waals surface area contributed by atoms with Crippen LogP contribution in [0, 0.1) is 0 Å². The van der Waals surface area contributed by atoms with Gasteiger partial charge in [-0.25, -0.2) is 4.68 Å². The highest BCUT2D eigenvalue weighted by Gasteiger charge is 2.30. The molecule has 180 valence electrons. The van der Waals surface area contributed by atoms with Crippen molar-refractivity contribution in [1.82, 2.24) is 24.0 Å². The first-order chi connectivity index (χ1) is 17.2. The molecule has 5 heterocycles. The summed E-state index contributed by atoms with van der Waals surface area (Å²) in [6.45, 7) is 4.04. The molecule has 2 aliphatic heterocycles. The highest BCUT2D eigenvalue weighted by Crippen LogP contribution is 2.27. The number of likely N-dealkylation sites (tertiary alicyclic amines) is 2. The minimum atomic E-state index is 0.0567. The summed E-state index contributed by atoms with van der Waals surface area (Å²) in [7, 11) is 1.68. The van der Waals surface area contributed by atoms with Crippen molar-refractivity contribution in [1.29, 1.82) is 0 Å². The first kappa shape index (κ1) is 21.9. The second kappa shape index (κ2) is 9.23. The van der Waals surface area contributed by atoms with Crippen molar-refractivity contribution in [3.05, 3.63) is 72.7 Å². The van der Waals surface area contributed by atoms with Crippen LogP contribution in [0.1, 0.15) is 36.2 Å². The third-order valence-electron chi connectivity index (χ3n) is 7.52. The van der Waals surface area contributed by atoms with Crippen molar-refractivity contribution in [3.8, 4) is 22.7 Å². The highest BCUT2D eigenvalue weighted by molar-refractivity contribution is 5.93. The van der Waals surface area contributed by atoms with E-state index >= 15 is 0 Å². The van der Waals surface area contributed by atoms with Crippen LogP contribution >= 0.6 is 0 Å². The van der Waals surface area contributed by atoms with E-state index in [1.54, 1.807) is 18.0 Å². The summed E-state index contributed by atoms with van der Waals surface area (Å²) in [6, 6.07) is 18.8. The Morgan fingerprint density at radius 1 is 0.943 bits per heavy atom. The van der Waals surface area contributed by atoms with Crippen molar-refractivity contribution in [2.24, 2.45) is 0 Å². The molecule has 1 amide bonds. The van der Waals surface area contributed by atoms with Crippen LogP contribution in [0.25, 0.3) is 22.5 Å². The average molecular weight is 470 g/mol. The SMILES string of the molecule is COc1cccc(-c2ccc3ccc(-n4nccc4C(=O)N4CCC(N5CCCC5)CC4)n3c2)c1. The molecular formula is C28H31N5O2. The number of aromatic nitrogens is 3. The zero-order valence-corrected chi connectivity index (χ0v) is 20.1. The van der Waals surface area contributed by atoms with Gasteiger partial charge in [-0.3, -0.25) is 4.79 Å². The molecule has 4 aromatic rings. The van der Waals surface area contributed by atoms with Gasteiger partial charge in [0.25, 0.3) is 5.91 Å². The van der Waals surface area contributed by atoms with Crippen LogP contribution in [-0.4, -0.2) is 69.2 Å². The van der Waals surface area contributed by atoms with Gasteiger partial charge in [-0.15, -0.1) is 0 Å². The molecule has 6 rings (SSSR count). The van der Waals surface area contributed by atoms with Crippen LogP contribution < -0.4 is 4.74 Å². The number of amides is 1. The van der Waals surface area contributed by atoms with E-state index in [2.05, 4.69) is 44.9 Å².